The Balaban J connectivity index is 1.59. The second-order valence-corrected chi connectivity index (χ2v) is 6.88. The van der Waals surface area contributed by atoms with Crippen LogP contribution in [0.15, 0.2) is 47.8 Å². The van der Waals surface area contributed by atoms with E-state index in [1.807, 2.05) is 24.0 Å². The van der Waals surface area contributed by atoms with Gasteiger partial charge in [-0.2, -0.15) is 5.10 Å². The molecule has 0 unspecified atom stereocenters. The zero-order chi connectivity index (χ0) is 22.0. The first-order valence-corrected chi connectivity index (χ1v) is 9.61. The Hall–Kier alpha value is -4.02. The number of nitrogens with zero attached hydrogens (tertiary/aromatic N) is 6. The highest BCUT2D eigenvalue weighted by atomic mass is 19.1. The molecule has 4 rings (SSSR count). The number of nitrogens with one attached hydrogen (secondary N) is 1. The number of benzene rings is 1. The number of anilines is 1. The number of aromatic nitrogens is 5. The van der Waals surface area contributed by atoms with Crippen molar-refractivity contribution < 1.29 is 14.3 Å². The highest BCUT2D eigenvalue weighted by molar-refractivity contribution is 5.95. The summed E-state index contributed by atoms with van der Waals surface area (Å²) < 4.78 is 16.4. The number of rotatable bonds is 6. The molecule has 3 aromatic rings. The normalized spacial score (nSPS) is 13.0. The first-order chi connectivity index (χ1) is 15.0. The summed E-state index contributed by atoms with van der Waals surface area (Å²) in [5, 5.41) is 16.9. The fraction of sp³-hybridized carbons (Fsp3) is 0.250. The van der Waals surface area contributed by atoms with Gasteiger partial charge in [-0.15, -0.1) is 0 Å². The summed E-state index contributed by atoms with van der Waals surface area (Å²) in [6.07, 6.45) is 6.51. The SMILES string of the molecule is C/C=C/CN1CCn2c1nc(C(=O)NCc1ccc(F)cc1-n1cncn1)c(O)c2=O. The van der Waals surface area contributed by atoms with Crippen molar-refractivity contribution in [1.82, 2.24) is 29.6 Å². The predicted molar refractivity (Wildman–Crippen MR) is 110 cm³/mol. The average Bonchev–Trinajstić information content (AvgIpc) is 3.44. The maximum Gasteiger partial charge on any atom is 0.298 e. The molecular weight excluding hydrogens is 405 g/mol. The third-order valence-electron chi connectivity index (χ3n) is 4.93. The van der Waals surface area contributed by atoms with Crippen LogP contribution in [0.3, 0.4) is 0 Å². The summed E-state index contributed by atoms with van der Waals surface area (Å²) in [5.74, 6) is -1.56. The van der Waals surface area contributed by atoms with E-state index >= 15 is 0 Å². The molecule has 3 heterocycles. The van der Waals surface area contributed by atoms with Crippen LogP contribution in [-0.2, 0) is 13.1 Å². The second kappa shape index (κ2) is 8.38. The van der Waals surface area contributed by atoms with Crippen LogP contribution in [0, 0.1) is 5.82 Å². The molecule has 1 amide bonds. The van der Waals surface area contributed by atoms with Gasteiger partial charge in [0.05, 0.1) is 5.69 Å². The molecular formula is C20H20FN7O3. The van der Waals surface area contributed by atoms with Gasteiger partial charge in [0, 0.05) is 26.2 Å². The van der Waals surface area contributed by atoms with Crippen LogP contribution in [-0.4, -0.2) is 48.4 Å². The number of carbonyl (C=O) groups is 1. The van der Waals surface area contributed by atoms with Crippen LogP contribution in [0.25, 0.3) is 5.69 Å². The minimum Gasteiger partial charge on any atom is -0.501 e. The molecule has 1 aliphatic heterocycles. The molecule has 1 aliphatic rings. The number of hydrogen-bond donors (Lipinski definition) is 2. The Morgan fingerprint density at radius 2 is 2.19 bits per heavy atom. The van der Waals surface area contributed by atoms with Gasteiger partial charge >= 0.3 is 0 Å². The molecule has 31 heavy (non-hydrogen) atoms. The number of amides is 1. The Morgan fingerprint density at radius 1 is 1.35 bits per heavy atom. The molecule has 0 spiro atoms. The monoisotopic (exact) mass is 425 g/mol. The van der Waals surface area contributed by atoms with Crippen LogP contribution < -0.4 is 15.8 Å². The van der Waals surface area contributed by atoms with Crippen molar-refractivity contribution in [3.8, 4) is 11.4 Å². The van der Waals surface area contributed by atoms with Gasteiger partial charge in [-0.05, 0) is 24.6 Å². The van der Waals surface area contributed by atoms with E-state index in [0.717, 1.165) is 0 Å². The van der Waals surface area contributed by atoms with Gasteiger partial charge in [-0.3, -0.25) is 14.2 Å². The maximum absolute atomic E-state index is 13.7. The van der Waals surface area contributed by atoms with Gasteiger partial charge < -0.3 is 15.3 Å². The lowest BCUT2D eigenvalue weighted by Gasteiger charge is -2.16. The van der Waals surface area contributed by atoms with Gasteiger partial charge in [0.1, 0.15) is 18.5 Å². The van der Waals surface area contributed by atoms with Crippen molar-refractivity contribution in [2.75, 3.05) is 18.0 Å². The van der Waals surface area contributed by atoms with E-state index in [1.165, 1.54) is 40.1 Å². The van der Waals surface area contributed by atoms with Gasteiger partial charge in [0.2, 0.25) is 11.7 Å². The van der Waals surface area contributed by atoms with Gasteiger partial charge in [0.15, 0.2) is 5.69 Å². The fourth-order valence-corrected chi connectivity index (χ4v) is 3.35. The lowest BCUT2D eigenvalue weighted by molar-refractivity contribution is 0.0942. The van der Waals surface area contributed by atoms with E-state index in [1.54, 1.807) is 0 Å². The molecule has 2 N–H and O–H groups in total. The molecule has 0 radical (unpaired) electrons. The summed E-state index contributed by atoms with van der Waals surface area (Å²) in [4.78, 5) is 35.2. The van der Waals surface area contributed by atoms with Crippen molar-refractivity contribution in [2.24, 2.45) is 0 Å². The summed E-state index contributed by atoms with van der Waals surface area (Å²) in [5.41, 5.74) is -0.0508. The predicted octanol–water partition coefficient (Wildman–Crippen LogP) is 0.995. The van der Waals surface area contributed by atoms with Gasteiger partial charge in [0.25, 0.3) is 11.5 Å². The van der Waals surface area contributed by atoms with Crippen LogP contribution in [0.1, 0.15) is 23.0 Å². The molecule has 0 atom stereocenters. The molecule has 0 bridgehead atoms. The van der Waals surface area contributed by atoms with E-state index in [-0.39, 0.29) is 12.2 Å². The smallest absolute Gasteiger partial charge is 0.298 e. The third-order valence-corrected chi connectivity index (χ3v) is 4.93. The lowest BCUT2D eigenvalue weighted by atomic mass is 10.1. The first-order valence-electron chi connectivity index (χ1n) is 9.61. The van der Waals surface area contributed by atoms with Gasteiger partial charge in [-0.1, -0.05) is 18.2 Å². The maximum atomic E-state index is 13.7. The molecule has 0 saturated heterocycles. The molecule has 2 aromatic heterocycles. The minimum absolute atomic E-state index is 0.00384. The molecule has 1 aromatic carbocycles. The van der Waals surface area contributed by atoms with Crippen molar-refractivity contribution >= 4 is 11.9 Å². The van der Waals surface area contributed by atoms with Crippen LogP contribution in [0.5, 0.6) is 5.75 Å². The zero-order valence-electron chi connectivity index (χ0n) is 16.7. The molecule has 0 aliphatic carbocycles. The number of fused-ring (bicyclic) bond motifs is 1. The summed E-state index contributed by atoms with van der Waals surface area (Å²) in [6, 6.07) is 4.04. The quantitative estimate of drug-likeness (QED) is 0.566. The Labute approximate surface area is 176 Å². The molecule has 160 valence electrons. The molecule has 0 fully saturated rings. The molecule has 0 saturated carbocycles. The Morgan fingerprint density at radius 3 is 2.94 bits per heavy atom. The van der Waals surface area contributed by atoms with Crippen LogP contribution in [0.4, 0.5) is 10.3 Å². The van der Waals surface area contributed by atoms with Crippen LogP contribution >= 0.6 is 0 Å². The average molecular weight is 425 g/mol. The lowest BCUT2D eigenvalue weighted by Crippen LogP contribution is -2.30. The van der Waals surface area contributed by atoms with Crippen molar-refractivity contribution in [3.05, 3.63) is 70.4 Å². The van der Waals surface area contributed by atoms with Gasteiger partial charge in [-0.25, -0.2) is 19.0 Å². The third kappa shape index (κ3) is 3.89. The number of hydrogen-bond acceptors (Lipinski definition) is 7. The van der Waals surface area contributed by atoms with E-state index in [0.29, 0.717) is 36.8 Å². The number of carbonyl (C=O) groups excluding carboxylic acids is 1. The van der Waals surface area contributed by atoms with E-state index < -0.39 is 23.0 Å². The highest BCUT2D eigenvalue weighted by Gasteiger charge is 2.27. The zero-order valence-corrected chi connectivity index (χ0v) is 16.7. The topological polar surface area (TPSA) is 118 Å². The molecule has 10 nitrogen and oxygen atoms in total. The Bertz CT molecular complexity index is 1200. The first kappa shape index (κ1) is 20.3. The van der Waals surface area contributed by atoms with E-state index in [2.05, 4.69) is 20.4 Å². The van der Waals surface area contributed by atoms with Crippen LogP contribution in [0.2, 0.25) is 0 Å². The largest absolute Gasteiger partial charge is 0.501 e. The van der Waals surface area contributed by atoms with Crippen molar-refractivity contribution in [1.29, 1.82) is 0 Å². The fourth-order valence-electron chi connectivity index (χ4n) is 3.35. The number of halogens is 1. The molecule has 11 heteroatoms. The minimum atomic E-state index is -0.718. The standard InChI is InChI=1S/C20H20FN7O3/c1-2-3-6-26-7-8-27-19(31)17(29)16(25-20(26)27)18(30)23-10-13-4-5-14(21)9-15(13)28-12-22-11-24-28/h2-5,9,11-12,29H,6-8,10H2,1H3,(H,23,30)/b3-2+. The summed E-state index contributed by atoms with van der Waals surface area (Å²) in [7, 11) is 0. The highest BCUT2D eigenvalue weighted by Crippen LogP contribution is 2.21. The Kier molecular flexibility index (Phi) is 5.48. The second-order valence-electron chi connectivity index (χ2n) is 6.88. The summed E-state index contributed by atoms with van der Waals surface area (Å²) in [6.45, 7) is 3.34. The van der Waals surface area contributed by atoms with E-state index in [4.69, 9.17) is 0 Å². The van der Waals surface area contributed by atoms with Crippen molar-refractivity contribution in [2.45, 2.75) is 20.0 Å². The van der Waals surface area contributed by atoms with E-state index in [9.17, 15) is 19.1 Å². The number of aromatic hydroxyl groups is 1. The van der Waals surface area contributed by atoms with Crippen molar-refractivity contribution in [3.63, 3.8) is 0 Å². The summed E-state index contributed by atoms with van der Waals surface area (Å²) >= 11 is 0. The number of allylic oxidation sites excluding steroid dienone is 1.